The highest BCUT2D eigenvalue weighted by Gasteiger charge is 2.17. The van der Waals surface area contributed by atoms with Gasteiger partial charge in [0.15, 0.2) is 17.5 Å². The van der Waals surface area contributed by atoms with Gasteiger partial charge in [-0.2, -0.15) is 0 Å². The molecule has 0 amide bonds. The first-order valence-corrected chi connectivity index (χ1v) is 6.43. The second-order valence-electron chi connectivity index (χ2n) is 4.31. The molecule has 0 atom stereocenters. The quantitative estimate of drug-likeness (QED) is 0.886. The zero-order chi connectivity index (χ0) is 15.4. The molecule has 2 aromatic rings. The van der Waals surface area contributed by atoms with Gasteiger partial charge in [-0.1, -0.05) is 6.07 Å². The SMILES string of the molecule is CCNc1ncnc(Nc2c(F)ccc(C)c2F)c1OC. The molecule has 0 aliphatic rings. The van der Waals surface area contributed by atoms with Gasteiger partial charge in [0, 0.05) is 6.54 Å². The normalized spacial score (nSPS) is 10.3. The number of benzene rings is 1. The molecule has 0 aliphatic carbocycles. The van der Waals surface area contributed by atoms with E-state index in [1.54, 1.807) is 6.92 Å². The average molecular weight is 294 g/mol. The van der Waals surface area contributed by atoms with Crippen LogP contribution in [0.4, 0.5) is 26.1 Å². The standard InChI is InChI=1S/C14H16F2N4O/c1-4-17-13-12(21-3)14(19-7-18-13)20-11-9(15)6-5-8(2)10(11)16/h5-7H,4H2,1-3H3,(H2,17,18,19,20). The van der Waals surface area contributed by atoms with E-state index in [4.69, 9.17) is 4.74 Å². The molecule has 1 aromatic carbocycles. The summed E-state index contributed by atoms with van der Waals surface area (Å²) in [5.41, 5.74) is 0.0632. The fraction of sp³-hybridized carbons (Fsp3) is 0.286. The van der Waals surface area contributed by atoms with Gasteiger partial charge in [-0.05, 0) is 25.5 Å². The molecule has 1 heterocycles. The highest BCUT2D eigenvalue weighted by Crippen LogP contribution is 2.33. The van der Waals surface area contributed by atoms with Crippen molar-refractivity contribution in [3.63, 3.8) is 0 Å². The van der Waals surface area contributed by atoms with Gasteiger partial charge in [0.1, 0.15) is 17.8 Å². The van der Waals surface area contributed by atoms with E-state index >= 15 is 0 Å². The van der Waals surface area contributed by atoms with Crippen LogP contribution in [0.5, 0.6) is 5.75 Å². The molecule has 0 radical (unpaired) electrons. The minimum absolute atomic E-state index is 0.187. The molecule has 5 nitrogen and oxygen atoms in total. The van der Waals surface area contributed by atoms with E-state index in [1.807, 2.05) is 6.92 Å². The van der Waals surface area contributed by atoms with E-state index in [1.165, 1.54) is 25.6 Å². The number of aromatic nitrogens is 2. The van der Waals surface area contributed by atoms with Crippen molar-refractivity contribution in [2.75, 3.05) is 24.3 Å². The largest absolute Gasteiger partial charge is 0.490 e. The first-order chi connectivity index (χ1) is 10.1. The van der Waals surface area contributed by atoms with Crippen molar-refractivity contribution in [1.82, 2.24) is 9.97 Å². The third kappa shape index (κ3) is 3.01. The summed E-state index contributed by atoms with van der Waals surface area (Å²) in [4.78, 5) is 8.01. The number of methoxy groups -OCH3 is 1. The smallest absolute Gasteiger partial charge is 0.204 e. The predicted octanol–water partition coefficient (Wildman–Crippen LogP) is 3.25. The third-order valence-corrected chi connectivity index (χ3v) is 2.88. The van der Waals surface area contributed by atoms with E-state index in [2.05, 4.69) is 20.6 Å². The fourth-order valence-corrected chi connectivity index (χ4v) is 1.84. The molecule has 0 bridgehead atoms. The molecule has 112 valence electrons. The van der Waals surface area contributed by atoms with Crippen LogP contribution in [0, 0.1) is 18.6 Å². The number of rotatable bonds is 5. The van der Waals surface area contributed by atoms with Crippen LogP contribution < -0.4 is 15.4 Å². The number of aryl methyl sites for hydroxylation is 1. The van der Waals surface area contributed by atoms with Crippen molar-refractivity contribution >= 4 is 17.3 Å². The summed E-state index contributed by atoms with van der Waals surface area (Å²) >= 11 is 0. The van der Waals surface area contributed by atoms with Crippen molar-refractivity contribution < 1.29 is 13.5 Å². The van der Waals surface area contributed by atoms with Crippen LogP contribution in [0.15, 0.2) is 18.5 Å². The van der Waals surface area contributed by atoms with Crippen molar-refractivity contribution in [1.29, 1.82) is 0 Å². The fourth-order valence-electron chi connectivity index (χ4n) is 1.84. The summed E-state index contributed by atoms with van der Waals surface area (Å²) < 4.78 is 33.0. The van der Waals surface area contributed by atoms with Crippen LogP contribution in [0.3, 0.4) is 0 Å². The van der Waals surface area contributed by atoms with Crippen LogP contribution in [0.2, 0.25) is 0 Å². The number of anilines is 3. The maximum Gasteiger partial charge on any atom is 0.204 e. The van der Waals surface area contributed by atoms with Crippen LogP contribution in [-0.4, -0.2) is 23.6 Å². The van der Waals surface area contributed by atoms with Crippen molar-refractivity contribution in [2.45, 2.75) is 13.8 Å². The summed E-state index contributed by atoms with van der Waals surface area (Å²) in [6, 6.07) is 2.57. The van der Waals surface area contributed by atoms with E-state index in [0.717, 1.165) is 0 Å². The number of ether oxygens (including phenoxy) is 1. The molecule has 2 rings (SSSR count). The Morgan fingerprint density at radius 1 is 1.19 bits per heavy atom. The molecule has 0 fully saturated rings. The first kappa shape index (κ1) is 15.0. The van der Waals surface area contributed by atoms with Crippen molar-refractivity contribution in [2.24, 2.45) is 0 Å². The lowest BCUT2D eigenvalue weighted by Crippen LogP contribution is -2.07. The minimum atomic E-state index is -0.705. The number of hydrogen-bond acceptors (Lipinski definition) is 5. The van der Waals surface area contributed by atoms with Gasteiger partial charge in [-0.25, -0.2) is 18.7 Å². The summed E-state index contributed by atoms with van der Waals surface area (Å²) in [6.07, 6.45) is 1.29. The van der Waals surface area contributed by atoms with Gasteiger partial charge < -0.3 is 15.4 Å². The monoisotopic (exact) mass is 294 g/mol. The maximum atomic E-state index is 14.0. The van der Waals surface area contributed by atoms with Crippen LogP contribution >= 0.6 is 0 Å². The number of hydrogen-bond donors (Lipinski definition) is 2. The summed E-state index contributed by atoms with van der Waals surface area (Å²) in [7, 11) is 1.44. The number of nitrogens with zero attached hydrogens (tertiary/aromatic N) is 2. The van der Waals surface area contributed by atoms with Crippen LogP contribution in [-0.2, 0) is 0 Å². The maximum absolute atomic E-state index is 14.0. The lowest BCUT2D eigenvalue weighted by Gasteiger charge is -2.14. The minimum Gasteiger partial charge on any atom is -0.490 e. The van der Waals surface area contributed by atoms with Crippen LogP contribution in [0.25, 0.3) is 0 Å². The van der Waals surface area contributed by atoms with E-state index < -0.39 is 11.6 Å². The molecule has 2 N–H and O–H groups in total. The predicted molar refractivity (Wildman–Crippen MR) is 77.1 cm³/mol. The molecule has 7 heteroatoms. The van der Waals surface area contributed by atoms with E-state index in [-0.39, 0.29) is 11.5 Å². The Morgan fingerprint density at radius 2 is 1.90 bits per heavy atom. The molecule has 1 aromatic heterocycles. The second kappa shape index (κ2) is 6.34. The molecular formula is C14H16F2N4O. The van der Waals surface area contributed by atoms with Crippen molar-refractivity contribution in [3.8, 4) is 5.75 Å². The Morgan fingerprint density at radius 3 is 2.57 bits per heavy atom. The molecule has 0 saturated carbocycles. The highest BCUT2D eigenvalue weighted by atomic mass is 19.1. The first-order valence-electron chi connectivity index (χ1n) is 6.43. The van der Waals surface area contributed by atoms with E-state index in [0.29, 0.717) is 23.7 Å². The molecular weight excluding hydrogens is 278 g/mol. The van der Waals surface area contributed by atoms with Gasteiger partial charge in [-0.15, -0.1) is 0 Å². The summed E-state index contributed by atoms with van der Waals surface area (Å²) in [5, 5.41) is 5.62. The van der Waals surface area contributed by atoms with Crippen molar-refractivity contribution in [3.05, 3.63) is 35.7 Å². The van der Waals surface area contributed by atoms with E-state index in [9.17, 15) is 8.78 Å². The Bertz CT molecular complexity index is 649. The Kier molecular flexibility index (Phi) is 4.52. The molecule has 0 saturated heterocycles. The number of nitrogens with one attached hydrogen (secondary N) is 2. The summed E-state index contributed by atoms with van der Waals surface area (Å²) in [6.45, 7) is 4.08. The third-order valence-electron chi connectivity index (χ3n) is 2.88. The van der Waals surface area contributed by atoms with Gasteiger partial charge in [-0.3, -0.25) is 0 Å². The Labute approximate surface area is 121 Å². The van der Waals surface area contributed by atoms with Gasteiger partial charge in [0.2, 0.25) is 5.75 Å². The Balaban J connectivity index is 2.45. The number of halogens is 2. The average Bonchev–Trinajstić information content (AvgIpc) is 2.48. The lowest BCUT2D eigenvalue weighted by atomic mass is 10.2. The molecule has 0 spiro atoms. The van der Waals surface area contributed by atoms with Gasteiger partial charge in [0.25, 0.3) is 0 Å². The summed E-state index contributed by atoms with van der Waals surface area (Å²) in [5.74, 6) is -0.443. The second-order valence-corrected chi connectivity index (χ2v) is 4.31. The van der Waals surface area contributed by atoms with Gasteiger partial charge in [0.05, 0.1) is 7.11 Å². The topological polar surface area (TPSA) is 59.1 Å². The zero-order valence-corrected chi connectivity index (χ0v) is 12.0. The zero-order valence-electron chi connectivity index (χ0n) is 12.0. The highest BCUT2D eigenvalue weighted by molar-refractivity contribution is 5.70. The van der Waals surface area contributed by atoms with Gasteiger partial charge >= 0.3 is 0 Å². The van der Waals surface area contributed by atoms with Crippen LogP contribution in [0.1, 0.15) is 12.5 Å². The molecule has 21 heavy (non-hydrogen) atoms. The molecule has 0 unspecified atom stereocenters. The lowest BCUT2D eigenvalue weighted by molar-refractivity contribution is 0.415. The molecule has 0 aliphatic heterocycles. The Hall–Kier alpha value is -2.44.